The highest BCUT2D eigenvalue weighted by atomic mass is 16.2. The molecule has 1 N–H and O–H groups in total. The smallest absolute Gasteiger partial charge is 0.261 e. The Morgan fingerprint density at radius 1 is 1.00 bits per heavy atom. The molecule has 3 amide bonds. The van der Waals surface area contributed by atoms with Gasteiger partial charge in [0.2, 0.25) is 5.91 Å². The molecule has 0 radical (unpaired) electrons. The summed E-state index contributed by atoms with van der Waals surface area (Å²) >= 11 is 0. The van der Waals surface area contributed by atoms with Crippen molar-refractivity contribution < 1.29 is 14.4 Å². The average Bonchev–Trinajstić information content (AvgIpc) is 3.48. The van der Waals surface area contributed by atoms with Crippen molar-refractivity contribution in [3.63, 3.8) is 0 Å². The number of amides is 3. The molecule has 28 heavy (non-hydrogen) atoms. The third kappa shape index (κ3) is 3.57. The molecule has 1 atom stereocenters. The summed E-state index contributed by atoms with van der Waals surface area (Å²) in [6.45, 7) is 4.03. The minimum atomic E-state index is -0.315. The molecule has 0 spiro atoms. The van der Waals surface area contributed by atoms with Crippen LogP contribution in [0.5, 0.6) is 0 Å². The SMILES string of the molecule is Cc1ccc([C@H](NC(=O)CCN2C(=O)c3ccc(C)cc3C2=O)C2CC2)cc1. The van der Waals surface area contributed by atoms with Gasteiger partial charge in [0, 0.05) is 13.0 Å². The standard InChI is InChI=1S/C23H24N2O3/c1-14-3-6-16(7-4-14)21(17-8-9-17)24-20(26)11-12-25-22(27)18-10-5-15(2)13-19(18)23(25)28/h3-7,10,13,17,21H,8-9,11-12H2,1-2H3,(H,24,26)/t21-/m0/s1. The van der Waals surface area contributed by atoms with E-state index in [0.717, 1.165) is 24.0 Å². The summed E-state index contributed by atoms with van der Waals surface area (Å²) in [5.41, 5.74) is 4.08. The molecule has 2 aromatic carbocycles. The molecule has 1 aliphatic carbocycles. The quantitative estimate of drug-likeness (QED) is 0.784. The predicted molar refractivity (Wildman–Crippen MR) is 106 cm³/mol. The second kappa shape index (κ2) is 7.23. The monoisotopic (exact) mass is 376 g/mol. The summed E-state index contributed by atoms with van der Waals surface area (Å²) in [4.78, 5) is 38.8. The Morgan fingerprint density at radius 2 is 1.64 bits per heavy atom. The molecule has 0 aromatic heterocycles. The zero-order valence-corrected chi connectivity index (χ0v) is 16.2. The fourth-order valence-corrected chi connectivity index (χ4v) is 3.74. The van der Waals surface area contributed by atoms with Crippen molar-refractivity contribution in [3.8, 4) is 0 Å². The van der Waals surface area contributed by atoms with Crippen LogP contribution in [0, 0.1) is 19.8 Å². The van der Waals surface area contributed by atoms with E-state index in [2.05, 4.69) is 29.6 Å². The van der Waals surface area contributed by atoms with Crippen LogP contribution in [0.25, 0.3) is 0 Å². The molecule has 1 fully saturated rings. The molecular formula is C23H24N2O3. The number of nitrogens with zero attached hydrogens (tertiary/aromatic N) is 1. The lowest BCUT2D eigenvalue weighted by atomic mass is 10.0. The van der Waals surface area contributed by atoms with Gasteiger partial charge in [-0.15, -0.1) is 0 Å². The molecule has 5 nitrogen and oxygen atoms in total. The van der Waals surface area contributed by atoms with Crippen molar-refractivity contribution in [1.82, 2.24) is 10.2 Å². The van der Waals surface area contributed by atoms with Crippen LogP contribution in [-0.2, 0) is 4.79 Å². The van der Waals surface area contributed by atoms with Crippen LogP contribution in [0.4, 0.5) is 0 Å². The second-order valence-corrected chi connectivity index (χ2v) is 7.85. The van der Waals surface area contributed by atoms with E-state index in [4.69, 9.17) is 0 Å². The first-order valence-corrected chi connectivity index (χ1v) is 9.77. The summed E-state index contributed by atoms with van der Waals surface area (Å²) in [5.74, 6) is -0.294. The Bertz CT molecular complexity index is 945. The number of aryl methyl sites for hydroxylation is 2. The van der Waals surface area contributed by atoms with Gasteiger partial charge in [0.25, 0.3) is 11.8 Å². The van der Waals surface area contributed by atoms with Crippen LogP contribution in [-0.4, -0.2) is 29.2 Å². The van der Waals surface area contributed by atoms with Gasteiger partial charge in [-0.3, -0.25) is 19.3 Å². The average molecular weight is 376 g/mol. The molecule has 0 bridgehead atoms. The van der Waals surface area contributed by atoms with Crippen molar-refractivity contribution in [1.29, 1.82) is 0 Å². The van der Waals surface area contributed by atoms with E-state index in [1.807, 2.05) is 19.9 Å². The normalized spacial score (nSPS) is 16.9. The van der Waals surface area contributed by atoms with Crippen molar-refractivity contribution >= 4 is 17.7 Å². The van der Waals surface area contributed by atoms with Crippen LogP contribution < -0.4 is 5.32 Å². The predicted octanol–water partition coefficient (Wildman–Crippen LogP) is 3.56. The van der Waals surface area contributed by atoms with E-state index in [-0.39, 0.29) is 36.7 Å². The Labute approximate surface area is 164 Å². The molecule has 144 valence electrons. The number of carbonyl (C=O) groups excluding carboxylic acids is 3. The number of hydrogen-bond donors (Lipinski definition) is 1. The summed E-state index contributed by atoms with van der Waals surface area (Å²) in [6.07, 6.45) is 2.33. The lowest BCUT2D eigenvalue weighted by Crippen LogP contribution is -2.36. The number of rotatable bonds is 6. The van der Waals surface area contributed by atoms with E-state index in [9.17, 15) is 14.4 Å². The lowest BCUT2D eigenvalue weighted by Gasteiger charge is -2.20. The Hall–Kier alpha value is -2.95. The molecule has 0 unspecified atom stereocenters. The Kier molecular flexibility index (Phi) is 4.75. The number of hydrogen-bond acceptors (Lipinski definition) is 3. The van der Waals surface area contributed by atoms with Gasteiger partial charge in [-0.2, -0.15) is 0 Å². The fourth-order valence-electron chi connectivity index (χ4n) is 3.74. The first kappa shape index (κ1) is 18.4. The maximum absolute atomic E-state index is 12.6. The van der Waals surface area contributed by atoms with Crippen molar-refractivity contribution in [2.75, 3.05) is 6.54 Å². The summed E-state index contributed by atoms with van der Waals surface area (Å²) in [6, 6.07) is 13.5. The van der Waals surface area contributed by atoms with Crippen LogP contribution in [0.3, 0.4) is 0 Å². The fraction of sp³-hybridized carbons (Fsp3) is 0.348. The first-order valence-electron chi connectivity index (χ1n) is 9.77. The van der Waals surface area contributed by atoms with Gasteiger partial charge in [0.05, 0.1) is 17.2 Å². The van der Waals surface area contributed by atoms with E-state index in [0.29, 0.717) is 17.0 Å². The van der Waals surface area contributed by atoms with Gasteiger partial charge in [0.1, 0.15) is 0 Å². The third-order valence-electron chi connectivity index (χ3n) is 5.54. The molecule has 2 aromatic rings. The maximum Gasteiger partial charge on any atom is 0.261 e. The van der Waals surface area contributed by atoms with E-state index in [1.165, 1.54) is 10.5 Å². The Morgan fingerprint density at radius 3 is 2.32 bits per heavy atom. The van der Waals surface area contributed by atoms with Crippen molar-refractivity contribution in [2.24, 2.45) is 5.92 Å². The summed E-state index contributed by atoms with van der Waals surface area (Å²) in [7, 11) is 0. The van der Waals surface area contributed by atoms with Crippen molar-refractivity contribution in [2.45, 2.75) is 39.2 Å². The van der Waals surface area contributed by atoms with Crippen LogP contribution in [0.1, 0.15) is 62.7 Å². The first-order chi connectivity index (χ1) is 13.4. The van der Waals surface area contributed by atoms with Crippen molar-refractivity contribution in [3.05, 3.63) is 70.3 Å². The van der Waals surface area contributed by atoms with Gasteiger partial charge < -0.3 is 5.32 Å². The van der Waals surface area contributed by atoms with Gasteiger partial charge in [-0.05, 0) is 50.3 Å². The molecule has 1 saturated carbocycles. The molecule has 1 aliphatic heterocycles. The van der Waals surface area contributed by atoms with E-state index in [1.54, 1.807) is 12.1 Å². The maximum atomic E-state index is 12.6. The lowest BCUT2D eigenvalue weighted by molar-refractivity contribution is -0.122. The zero-order valence-electron chi connectivity index (χ0n) is 16.2. The van der Waals surface area contributed by atoms with Gasteiger partial charge in [-0.25, -0.2) is 0 Å². The van der Waals surface area contributed by atoms with Gasteiger partial charge in [0.15, 0.2) is 0 Å². The number of nitrogens with one attached hydrogen (secondary N) is 1. The minimum Gasteiger partial charge on any atom is -0.349 e. The van der Waals surface area contributed by atoms with E-state index >= 15 is 0 Å². The number of imide groups is 1. The van der Waals surface area contributed by atoms with Crippen LogP contribution in [0.2, 0.25) is 0 Å². The highest BCUT2D eigenvalue weighted by molar-refractivity contribution is 6.21. The molecule has 0 saturated heterocycles. The second-order valence-electron chi connectivity index (χ2n) is 7.85. The number of carbonyl (C=O) groups is 3. The summed E-state index contributed by atoms with van der Waals surface area (Å²) in [5, 5.41) is 3.11. The van der Waals surface area contributed by atoms with Gasteiger partial charge >= 0.3 is 0 Å². The van der Waals surface area contributed by atoms with E-state index < -0.39 is 0 Å². The molecule has 5 heteroatoms. The van der Waals surface area contributed by atoms with Crippen LogP contribution in [0.15, 0.2) is 42.5 Å². The highest BCUT2D eigenvalue weighted by Crippen LogP contribution is 2.41. The van der Waals surface area contributed by atoms with Crippen LogP contribution >= 0.6 is 0 Å². The number of fused-ring (bicyclic) bond motifs is 1. The number of benzene rings is 2. The largest absolute Gasteiger partial charge is 0.349 e. The molecule has 1 heterocycles. The summed E-state index contributed by atoms with van der Waals surface area (Å²) < 4.78 is 0. The molecule has 4 rings (SSSR count). The highest BCUT2D eigenvalue weighted by Gasteiger charge is 2.36. The Balaban J connectivity index is 1.40. The third-order valence-corrected chi connectivity index (χ3v) is 5.54. The minimum absolute atomic E-state index is 0.00192. The molecular weight excluding hydrogens is 352 g/mol. The zero-order chi connectivity index (χ0) is 19.8. The molecule has 2 aliphatic rings. The topological polar surface area (TPSA) is 66.5 Å². The van der Waals surface area contributed by atoms with Gasteiger partial charge in [-0.1, -0.05) is 41.5 Å².